The summed E-state index contributed by atoms with van der Waals surface area (Å²) < 4.78 is 0. The molecular formula is C17H21ClN3OS+. The van der Waals surface area contributed by atoms with E-state index in [1.165, 1.54) is 9.80 Å². The lowest BCUT2D eigenvalue weighted by atomic mass is 9.97. The van der Waals surface area contributed by atoms with Gasteiger partial charge in [0.15, 0.2) is 0 Å². The predicted molar refractivity (Wildman–Crippen MR) is 94.9 cm³/mol. The molecule has 1 aliphatic heterocycles. The molecule has 4 nitrogen and oxygen atoms in total. The molecule has 2 atom stereocenters. The van der Waals surface area contributed by atoms with Crippen molar-refractivity contribution in [2.75, 3.05) is 19.3 Å². The number of hydrogen-bond donors (Lipinski definition) is 2. The van der Waals surface area contributed by atoms with Crippen molar-refractivity contribution in [1.29, 1.82) is 0 Å². The van der Waals surface area contributed by atoms with Crippen molar-refractivity contribution in [3.63, 3.8) is 0 Å². The number of fused-ring (bicyclic) bond motifs is 1. The van der Waals surface area contributed by atoms with Crippen LogP contribution in [0.1, 0.15) is 18.4 Å². The topological polar surface area (TPSA) is 60.4 Å². The lowest BCUT2D eigenvalue weighted by molar-refractivity contribution is -0.921. The molecule has 0 spiro atoms. The number of halogens is 1. The molecule has 3 rings (SSSR count). The minimum Gasteiger partial charge on any atom is -0.369 e. The van der Waals surface area contributed by atoms with Crippen LogP contribution in [0.5, 0.6) is 0 Å². The fourth-order valence-corrected chi connectivity index (χ4v) is 3.89. The second kappa shape index (κ2) is 7.07. The van der Waals surface area contributed by atoms with Gasteiger partial charge in [-0.25, -0.2) is 4.98 Å². The van der Waals surface area contributed by atoms with E-state index >= 15 is 0 Å². The lowest BCUT2D eigenvalue weighted by Crippen LogP contribution is -3.12. The summed E-state index contributed by atoms with van der Waals surface area (Å²) in [4.78, 5) is 18.5. The number of quaternary nitrogens is 1. The maximum absolute atomic E-state index is 11.4. The number of likely N-dealkylation sites (tertiary alicyclic amines) is 1. The second-order valence-corrected chi connectivity index (χ2v) is 7.36. The number of nitrogens with two attached hydrogens (primary N) is 1. The largest absolute Gasteiger partial charge is 0.369 e. The maximum atomic E-state index is 11.4. The van der Waals surface area contributed by atoms with Gasteiger partial charge in [-0.1, -0.05) is 17.7 Å². The van der Waals surface area contributed by atoms with E-state index in [9.17, 15) is 4.79 Å². The Morgan fingerprint density at radius 3 is 3.04 bits per heavy atom. The Bertz CT molecular complexity index is 737. The fourth-order valence-electron chi connectivity index (χ4n) is 3.24. The summed E-state index contributed by atoms with van der Waals surface area (Å²) in [6.45, 7) is 2.62. The third-order valence-electron chi connectivity index (χ3n) is 4.51. The molecule has 1 amide bonds. The van der Waals surface area contributed by atoms with Gasteiger partial charge in [0.05, 0.1) is 24.5 Å². The van der Waals surface area contributed by atoms with E-state index in [-0.39, 0.29) is 11.8 Å². The number of rotatable bonds is 4. The van der Waals surface area contributed by atoms with Gasteiger partial charge < -0.3 is 10.6 Å². The fraction of sp³-hybridized carbons (Fsp3) is 0.412. The molecule has 0 saturated carbocycles. The first-order valence-electron chi connectivity index (χ1n) is 7.83. The van der Waals surface area contributed by atoms with Gasteiger partial charge >= 0.3 is 0 Å². The van der Waals surface area contributed by atoms with Gasteiger partial charge in [-0.2, -0.15) is 0 Å². The number of pyridine rings is 1. The van der Waals surface area contributed by atoms with Crippen LogP contribution in [0, 0.1) is 5.92 Å². The van der Waals surface area contributed by atoms with Gasteiger partial charge in [-0.3, -0.25) is 4.79 Å². The van der Waals surface area contributed by atoms with E-state index in [0.29, 0.717) is 5.15 Å². The summed E-state index contributed by atoms with van der Waals surface area (Å²) in [5.74, 6) is -0.204. The lowest BCUT2D eigenvalue weighted by Gasteiger charge is -2.28. The monoisotopic (exact) mass is 350 g/mol. The summed E-state index contributed by atoms with van der Waals surface area (Å²) in [6, 6.07) is 8.37. The van der Waals surface area contributed by atoms with Crippen molar-refractivity contribution >= 4 is 40.2 Å². The van der Waals surface area contributed by atoms with E-state index in [0.717, 1.165) is 48.9 Å². The summed E-state index contributed by atoms with van der Waals surface area (Å²) in [7, 11) is 0. The Hall–Kier alpha value is -1.30. The number of thioether (sulfide) groups is 1. The number of aromatic nitrogens is 1. The number of nitrogens with one attached hydrogen (secondary N) is 1. The predicted octanol–water partition coefficient (Wildman–Crippen LogP) is 1.89. The van der Waals surface area contributed by atoms with Crippen molar-refractivity contribution < 1.29 is 9.69 Å². The molecule has 23 heavy (non-hydrogen) atoms. The van der Waals surface area contributed by atoms with E-state index in [2.05, 4.69) is 29.2 Å². The average Bonchev–Trinajstić information content (AvgIpc) is 2.55. The highest BCUT2D eigenvalue weighted by Gasteiger charge is 2.27. The number of piperidine rings is 1. The van der Waals surface area contributed by atoms with Crippen LogP contribution in [-0.4, -0.2) is 30.2 Å². The van der Waals surface area contributed by atoms with Crippen LogP contribution in [0.3, 0.4) is 0 Å². The van der Waals surface area contributed by atoms with Crippen LogP contribution in [-0.2, 0) is 11.3 Å². The number of carbonyl (C=O) groups excluding carboxylic acids is 1. The van der Waals surface area contributed by atoms with Crippen molar-refractivity contribution in [3.8, 4) is 0 Å². The highest BCUT2D eigenvalue weighted by atomic mass is 35.5. The number of nitrogens with zero attached hydrogens (tertiary/aromatic N) is 1. The van der Waals surface area contributed by atoms with Crippen molar-refractivity contribution in [1.82, 2.24) is 4.98 Å². The zero-order chi connectivity index (χ0) is 16.4. The van der Waals surface area contributed by atoms with Crippen LogP contribution in [0.2, 0.25) is 5.15 Å². The molecule has 0 radical (unpaired) electrons. The summed E-state index contributed by atoms with van der Waals surface area (Å²) in [5.41, 5.74) is 7.43. The third kappa shape index (κ3) is 3.79. The Labute approximate surface area is 145 Å². The Morgan fingerprint density at radius 1 is 1.48 bits per heavy atom. The van der Waals surface area contributed by atoms with Gasteiger partial charge in [0.25, 0.3) is 0 Å². The number of amides is 1. The van der Waals surface area contributed by atoms with E-state index in [4.69, 9.17) is 17.3 Å². The Morgan fingerprint density at radius 2 is 2.30 bits per heavy atom. The number of carbonyl (C=O) groups is 1. The highest BCUT2D eigenvalue weighted by Crippen LogP contribution is 2.24. The smallest absolute Gasteiger partial charge is 0.226 e. The van der Waals surface area contributed by atoms with E-state index in [1.54, 1.807) is 11.8 Å². The maximum Gasteiger partial charge on any atom is 0.226 e. The van der Waals surface area contributed by atoms with Crippen molar-refractivity contribution in [2.45, 2.75) is 24.3 Å². The van der Waals surface area contributed by atoms with Crippen LogP contribution in [0.15, 0.2) is 29.2 Å². The number of hydrogen-bond acceptors (Lipinski definition) is 3. The van der Waals surface area contributed by atoms with Gasteiger partial charge in [-0.15, -0.1) is 11.8 Å². The zero-order valence-corrected chi connectivity index (χ0v) is 14.7. The first kappa shape index (κ1) is 16.6. The molecule has 1 unspecified atom stereocenters. The number of benzene rings is 1. The molecule has 1 aliphatic rings. The molecule has 1 saturated heterocycles. The summed E-state index contributed by atoms with van der Waals surface area (Å²) in [6.07, 6.45) is 3.98. The second-order valence-electron chi connectivity index (χ2n) is 6.12. The minimum atomic E-state index is -0.186. The standard InChI is InChI=1S/C17H20ClN3OS/c1-23-14-5-4-11-7-13(16(18)20-15(11)8-14)10-21-6-2-3-12(9-21)17(19)22/h4-5,7-8,12H,2-3,6,9-10H2,1H3,(H2,19,22)/p+1/t12-/m0/s1. The third-order valence-corrected chi connectivity index (χ3v) is 5.56. The minimum absolute atomic E-state index is 0.0184. The van der Waals surface area contributed by atoms with Gasteiger partial charge in [0.2, 0.25) is 5.91 Å². The van der Waals surface area contributed by atoms with Gasteiger partial charge in [0, 0.05) is 15.8 Å². The summed E-state index contributed by atoms with van der Waals surface area (Å²) in [5, 5.41) is 1.66. The first-order chi connectivity index (χ1) is 11.1. The zero-order valence-electron chi connectivity index (χ0n) is 13.1. The van der Waals surface area contributed by atoms with E-state index < -0.39 is 0 Å². The Kier molecular flexibility index (Phi) is 5.09. The molecular weight excluding hydrogens is 330 g/mol. The van der Waals surface area contributed by atoms with Crippen LogP contribution in [0.4, 0.5) is 0 Å². The molecule has 122 valence electrons. The molecule has 1 aromatic carbocycles. The molecule has 1 fully saturated rings. The molecule has 0 aliphatic carbocycles. The first-order valence-corrected chi connectivity index (χ1v) is 9.43. The van der Waals surface area contributed by atoms with Gasteiger partial charge in [0.1, 0.15) is 11.7 Å². The molecule has 3 N–H and O–H groups in total. The quantitative estimate of drug-likeness (QED) is 0.654. The Balaban J connectivity index is 1.82. The molecule has 0 bridgehead atoms. The molecule has 6 heteroatoms. The van der Waals surface area contributed by atoms with Crippen LogP contribution in [0.25, 0.3) is 10.9 Å². The van der Waals surface area contributed by atoms with Crippen molar-refractivity contribution in [3.05, 3.63) is 35.0 Å². The van der Waals surface area contributed by atoms with E-state index in [1.807, 2.05) is 6.26 Å². The van der Waals surface area contributed by atoms with Crippen molar-refractivity contribution in [2.24, 2.45) is 11.7 Å². The number of primary amides is 1. The SMILES string of the molecule is CSc1ccc2cc(C[NH+]3CCC[C@H](C(N)=O)C3)c(Cl)nc2c1. The highest BCUT2D eigenvalue weighted by molar-refractivity contribution is 7.98. The molecule has 1 aromatic heterocycles. The summed E-state index contributed by atoms with van der Waals surface area (Å²) >= 11 is 8.09. The van der Waals surface area contributed by atoms with Crippen LogP contribution >= 0.6 is 23.4 Å². The molecule has 2 aromatic rings. The van der Waals surface area contributed by atoms with Gasteiger partial charge in [-0.05, 0) is 37.3 Å². The molecule has 2 heterocycles. The normalized spacial score (nSPS) is 21.5. The van der Waals surface area contributed by atoms with Crippen LogP contribution < -0.4 is 10.6 Å². The average molecular weight is 351 g/mol.